The van der Waals surface area contributed by atoms with Crippen LogP contribution in [0.5, 0.6) is 0 Å². The Bertz CT molecular complexity index is 1690. The van der Waals surface area contributed by atoms with Crippen LogP contribution in [0.2, 0.25) is 4.34 Å². The maximum absolute atomic E-state index is 12.9. The van der Waals surface area contributed by atoms with Gasteiger partial charge >= 0.3 is 0 Å². The van der Waals surface area contributed by atoms with Crippen molar-refractivity contribution >= 4 is 39.9 Å². The molecule has 1 aliphatic rings. The summed E-state index contributed by atoms with van der Waals surface area (Å²) in [6, 6.07) is 11.3. The lowest BCUT2D eigenvalue weighted by Crippen LogP contribution is -2.43. The molecule has 5 aromatic rings. The first-order chi connectivity index (χ1) is 19.0. The van der Waals surface area contributed by atoms with Gasteiger partial charge in [-0.15, -0.1) is 0 Å². The van der Waals surface area contributed by atoms with Gasteiger partial charge in [0.05, 0.1) is 35.6 Å². The van der Waals surface area contributed by atoms with Crippen LogP contribution in [0.3, 0.4) is 0 Å². The number of carbonyl (C=O) groups is 1. The topological polar surface area (TPSA) is 147 Å². The van der Waals surface area contributed by atoms with Crippen LogP contribution in [0.4, 0.5) is 0 Å². The number of fused-ring (bicyclic) bond motifs is 1. The zero-order chi connectivity index (χ0) is 26.9. The fourth-order valence-corrected chi connectivity index (χ4v) is 5.97. The van der Waals surface area contributed by atoms with E-state index < -0.39 is 0 Å². The largest absolute Gasteiger partial charge is 0.381 e. The normalized spacial score (nSPS) is 19.2. The minimum absolute atomic E-state index is 0.108. The maximum Gasteiger partial charge on any atom is 0.280 e. The zero-order valence-corrected chi connectivity index (χ0v) is 22.3. The number of ether oxygens (including phenoxy) is 1. The van der Waals surface area contributed by atoms with Gasteiger partial charge in [-0.2, -0.15) is 10.4 Å². The predicted octanol–water partition coefficient (Wildman–Crippen LogP) is 4.40. The van der Waals surface area contributed by atoms with Gasteiger partial charge in [0.2, 0.25) is 0 Å². The molecule has 6 rings (SSSR count). The second-order valence-electron chi connectivity index (χ2n) is 9.20. The number of nitriles is 1. The quantitative estimate of drug-likeness (QED) is 0.311. The lowest BCUT2D eigenvalue weighted by molar-refractivity contribution is 0.0398. The number of thiazole rings is 1. The average molecular weight is 560 g/mol. The molecule has 0 unspecified atom stereocenters. The van der Waals surface area contributed by atoms with Crippen LogP contribution in [0.25, 0.3) is 33.9 Å². The number of halogens is 1. The number of carbonyl (C=O) groups excluding carboxylic acids is 1. The van der Waals surface area contributed by atoms with Gasteiger partial charge in [0.15, 0.2) is 10.8 Å². The summed E-state index contributed by atoms with van der Waals surface area (Å²) in [7, 11) is 1.68. The van der Waals surface area contributed by atoms with E-state index in [1.165, 1.54) is 12.5 Å². The lowest BCUT2D eigenvalue weighted by Gasteiger charge is -2.36. The molecule has 1 saturated carbocycles. The molecule has 1 aromatic carbocycles. The lowest BCUT2D eigenvalue weighted by atomic mass is 9.88. The number of pyridine rings is 1. The van der Waals surface area contributed by atoms with Crippen molar-refractivity contribution in [2.45, 2.75) is 37.5 Å². The van der Waals surface area contributed by atoms with Gasteiger partial charge in [0.25, 0.3) is 5.91 Å². The van der Waals surface area contributed by atoms with E-state index in [9.17, 15) is 10.1 Å². The van der Waals surface area contributed by atoms with E-state index in [4.69, 9.17) is 21.3 Å². The van der Waals surface area contributed by atoms with Crippen LogP contribution in [-0.2, 0) is 4.74 Å². The SMILES string of the molecule is CO[C@@H]1C[C@@H](NC(=O)c2ncc(Cl)s2)C[C@@H](n2c(-c3ccccc3C#N)nc3cnc(-c4nc[nH]n4)cc32)C1. The third-order valence-corrected chi connectivity index (χ3v) is 7.97. The van der Waals surface area contributed by atoms with Gasteiger partial charge in [0.1, 0.15) is 27.7 Å². The molecule has 0 aliphatic heterocycles. The van der Waals surface area contributed by atoms with E-state index in [2.05, 4.69) is 41.1 Å². The van der Waals surface area contributed by atoms with Crippen molar-refractivity contribution in [1.29, 1.82) is 5.26 Å². The smallest absolute Gasteiger partial charge is 0.280 e. The first kappa shape index (κ1) is 25.1. The van der Waals surface area contributed by atoms with Crippen molar-refractivity contribution < 1.29 is 9.53 Å². The summed E-state index contributed by atoms with van der Waals surface area (Å²) >= 11 is 7.14. The average Bonchev–Trinajstić information content (AvgIpc) is 3.72. The van der Waals surface area contributed by atoms with E-state index >= 15 is 0 Å². The molecule has 3 atom stereocenters. The Morgan fingerprint density at radius 3 is 2.85 bits per heavy atom. The number of benzene rings is 1. The first-order valence-electron chi connectivity index (χ1n) is 12.2. The third kappa shape index (κ3) is 4.87. The maximum atomic E-state index is 12.9. The van der Waals surface area contributed by atoms with Crippen molar-refractivity contribution in [2.75, 3.05) is 7.11 Å². The standard InChI is InChI=1S/C26H22ClN9O2S/c1-38-17-7-15(33-25(37)26-30-12-22(27)39-26)6-16(8-17)36-21-9-19(23-31-13-32-35-23)29-11-20(21)34-24(36)18-5-3-2-4-14(18)10-28/h2-5,9,11-13,15-17H,6-8H2,1H3,(H,33,37)(H,31,32,35)/t15-,16+,17+/m0/s1. The molecule has 196 valence electrons. The van der Waals surface area contributed by atoms with Crippen LogP contribution in [0, 0.1) is 11.3 Å². The van der Waals surface area contributed by atoms with Crippen LogP contribution in [0.1, 0.15) is 40.7 Å². The van der Waals surface area contributed by atoms with Gasteiger partial charge in [-0.05, 0) is 37.5 Å². The minimum atomic E-state index is -0.269. The van der Waals surface area contributed by atoms with E-state index in [1.54, 1.807) is 19.4 Å². The van der Waals surface area contributed by atoms with E-state index in [0.29, 0.717) is 62.6 Å². The van der Waals surface area contributed by atoms with Crippen molar-refractivity contribution in [2.24, 2.45) is 0 Å². The number of rotatable bonds is 6. The van der Waals surface area contributed by atoms with Crippen molar-refractivity contribution in [3.8, 4) is 29.0 Å². The second-order valence-corrected chi connectivity index (χ2v) is 10.9. The van der Waals surface area contributed by atoms with Gasteiger partial charge in [0, 0.05) is 24.8 Å². The van der Waals surface area contributed by atoms with E-state index in [1.807, 2.05) is 24.3 Å². The summed E-state index contributed by atoms with van der Waals surface area (Å²) < 4.78 is 8.41. The zero-order valence-electron chi connectivity index (χ0n) is 20.7. The van der Waals surface area contributed by atoms with Crippen molar-refractivity contribution in [3.05, 3.63) is 64.0 Å². The Morgan fingerprint density at radius 1 is 1.23 bits per heavy atom. The van der Waals surface area contributed by atoms with E-state index in [0.717, 1.165) is 16.9 Å². The van der Waals surface area contributed by atoms with Crippen LogP contribution >= 0.6 is 22.9 Å². The molecule has 13 heteroatoms. The highest BCUT2D eigenvalue weighted by molar-refractivity contribution is 7.17. The second kappa shape index (κ2) is 10.5. The molecular formula is C26H22ClN9O2S. The van der Waals surface area contributed by atoms with Crippen LogP contribution in [-0.4, -0.2) is 59.9 Å². The summed E-state index contributed by atoms with van der Waals surface area (Å²) in [6.07, 6.45) is 6.52. The number of nitrogens with one attached hydrogen (secondary N) is 2. The monoisotopic (exact) mass is 559 g/mol. The van der Waals surface area contributed by atoms with Crippen molar-refractivity contribution in [3.63, 3.8) is 0 Å². The molecule has 4 aromatic heterocycles. The Labute approximate surface area is 231 Å². The molecule has 1 amide bonds. The number of aromatic amines is 1. The number of hydrogen-bond donors (Lipinski definition) is 2. The highest BCUT2D eigenvalue weighted by Crippen LogP contribution is 2.38. The molecule has 1 aliphatic carbocycles. The van der Waals surface area contributed by atoms with Crippen LogP contribution < -0.4 is 5.32 Å². The molecule has 39 heavy (non-hydrogen) atoms. The highest BCUT2D eigenvalue weighted by atomic mass is 35.5. The Balaban J connectivity index is 1.45. The summed E-state index contributed by atoms with van der Waals surface area (Å²) in [5.41, 5.74) is 3.32. The van der Waals surface area contributed by atoms with Gasteiger partial charge in [-0.1, -0.05) is 35.1 Å². The number of H-pyrrole nitrogens is 1. The van der Waals surface area contributed by atoms with Crippen LogP contribution in [0.15, 0.2) is 49.1 Å². The first-order valence-corrected chi connectivity index (χ1v) is 13.4. The summed E-state index contributed by atoms with van der Waals surface area (Å²) in [6.45, 7) is 0. The molecule has 0 bridgehead atoms. The molecule has 1 fully saturated rings. The molecule has 2 N–H and O–H groups in total. The Kier molecular flexibility index (Phi) is 6.78. The predicted molar refractivity (Wildman–Crippen MR) is 145 cm³/mol. The molecule has 0 saturated heterocycles. The third-order valence-electron chi connectivity index (χ3n) is 6.85. The number of nitrogens with zero attached hydrogens (tertiary/aromatic N) is 7. The summed E-state index contributed by atoms with van der Waals surface area (Å²) in [5, 5.41) is 20.2. The number of methoxy groups -OCH3 is 1. The molecule has 11 nitrogen and oxygen atoms in total. The van der Waals surface area contributed by atoms with Gasteiger partial charge in [-0.25, -0.2) is 15.0 Å². The number of amides is 1. The molecule has 4 heterocycles. The summed E-state index contributed by atoms with van der Waals surface area (Å²) in [5.74, 6) is 0.845. The van der Waals surface area contributed by atoms with Crippen molar-refractivity contribution in [1.82, 2.24) is 40.0 Å². The number of aromatic nitrogens is 7. The fourth-order valence-electron chi connectivity index (χ4n) is 5.15. The van der Waals surface area contributed by atoms with Gasteiger partial charge in [-0.3, -0.25) is 14.9 Å². The Morgan fingerprint density at radius 2 is 2.10 bits per heavy atom. The number of imidazole rings is 1. The molecule has 0 spiro atoms. The summed E-state index contributed by atoms with van der Waals surface area (Å²) in [4.78, 5) is 30.7. The minimum Gasteiger partial charge on any atom is -0.381 e. The highest BCUT2D eigenvalue weighted by Gasteiger charge is 2.34. The van der Waals surface area contributed by atoms with E-state index in [-0.39, 0.29) is 24.1 Å². The Hall–Kier alpha value is -4.18. The molecular weight excluding hydrogens is 538 g/mol. The number of hydrogen-bond acceptors (Lipinski definition) is 9. The molecule has 0 radical (unpaired) electrons. The van der Waals surface area contributed by atoms with Gasteiger partial charge < -0.3 is 14.6 Å². The fraction of sp³-hybridized carbons (Fsp3) is 0.269.